The highest BCUT2D eigenvalue weighted by Gasteiger charge is 2.50. The normalized spacial score (nSPS) is 27.8. The molecule has 26 heavy (non-hydrogen) atoms. The van der Waals surface area contributed by atoms with Gasteiger partial charge in [0.05, 0.1) is 0 Å². The van der Waals surface area contributed by atoms with Crippen molar-refractivity contribution in [2.24, 2.45) is 11.8 Å². The molecule has 0 radical (unpaired) electrons. The summed E-state index contributed by atoms with van der Waals surface area (Å²) in [5.41, 5.74) is 2.60. The second-order valence-electron chi connectivity index (χ2n) is 8.20. The first kappa shape index (κ1) is 17.9. The number of aromatic nitrogens is 2. The zero-order chi connectivity index (χ0) is 18.1. The lowest BCUT2D eigenvalue weighted by Gasteiger charge is -2.55. The Morgan fingerprint density at radius 1 is 1.04 bits per heavy atom. The molecule has 1 N–H and O–H groups in total. The van der Waals surface area contributed by atoms with Gasteiger partial charge in [-0.25, -0.2) is 9.97 Å². The van der Waals surface area contributed by atoms with E-state index in [2.05, 4.69) is 41.3 Å². The molecule has 4 rings (SSSR count). The number of nitrogens with zero attached hydrogens (tertiary/aromatic N) is 2. The summed E-state index contributed by atoms with van der Waals surface area (Å²) in [6, 6.07) is 9.04. The predicted octanol–water partition coefficient (Wildman–Crippen LogP) is 5.32. The molecule has 0 unspecified atom stereocenters. The number of fused-ring (bicyclic) bond motifs is 1. The summed E-state index contributed by atoms with van der Waals surface area (Å²) >= 11 is 6.10. The number of hydrogen-bond acceptors (Lipinski definition) is 3. The molecule has 0 amide bonds. The lowest BCUT2D eigenvalue weighted by Crippen LogP contribution is -2.57. The summed E-state index contributed by atoms with van der Waals surface area (Å²) in [7, 11) is 0. The van der Waals surface area contributed by atoms with Gasteiger partial charge >= 0.3 is 0 Å². The minimum atomic E-state index is 0.376. The molecule has 0 saturated heterocycles. The average Bonchev–Trinajstić information content (AvgIpc) is 2.65. The molecular weight excluding hydrogens is 342 g/mol. The third kappa shape index (κ3) is 3.52. The molecule has 1 aromatic carbocycles. The molecule has 3 nitrogen and oxygen atoms in total. The van der Waals surface area contributed by atoms with Crippen molar-refractivity contribution in [1.29, 1.82) is 0 Å². The highest BCUT2D eigenvalue weighted by atomic mass is 35.5. The first-order chi connectivity index (χ1) is 12.6. The van der Waals surface area contributed by atoms with Crippen LogP contribution in [0.5, 0.6) is 0 Å². The van der Waals surface area contributed by atoms with Crippen LogP contribution in [-0.2, 0) is 6.54 Å². The van der Waals surface area contributed by atoms with Crippen molar-refractivity contribution >= 4 is 11.6 Å². The monoisotopic (exact) mass is 369 g/mol. The summed E-state index contributed by atoms with van der Waals surface area (Å²) in [6.07, 6.45) is 9.42. The standard InChI is InChI=1S/C22H28ClN3/c1-14(2)22-25-12-15(13-26-22)11-24-21-19-6-4-3-5-18(19)20(21)16-7-9-17(23)10-8-16/h7-10,12-14,18-21,24H,3-6,11H2,1-2H3/t18-,19+,20+,21+/m0/s1. The van der Waals surface area contributed by atoms with E-state index in [1.165, 1.54) is 36.8 Å². The molecule has 0 spiro atoms. The van der Waals surface area contributed by atoms with Gasteiger partial charge in [0.1, 0.15) is 5.82 Å². The van der Waals surface area contributed by atoms with Gasteiger partial charge in [0.15, 0.2) is 0 Å². The smallest absolute Gasteiger partial charge is 0.130 e. The highest BCUT2D eigenvalue weighted by Crippen LogP contribution is 2.54. The summed E-state index contributed by atoms with van der Waals surface area (Å²) in [5, 5.41) is 4.65. The van der Waals surface area contributed by atoms with Gasteiger partial charge in [0.2, 0.25) is 0 Å². The molecular formula is C22H28ClN3. The van der Waals surface area contributed by atoms with Crippen LogP contribution in [0.1, 0.15) is 68.3 Å². The summed E-state index contributed by atoms with van der Waals surface area (Å²) in [6.45, 7) is 5.10. The average molecular weight is 370 g/mol. The van der Waals surface area contributed by atoms with Gasteiger partial charge in [-0.3, -0.25) is 0 Å². The third-order valence-electron chi connectivity index (χ3n) is 6.22. The Kier molecular flexibility index (Phi) is 5.28. The second kappa shape index (κ2) is 7.66. The summed E-state index contributed by atoms with van der Waals surface area (Å²) < 4.78 is 0. The third-order valence-corrected chi connectivity index (χ3v) is 6.47. The minimum absolute atomic E-state index is 0.376. The van der Waals surface area contributed by atoms with Crippen LogP contribution >= 0.6 is 11.6 Å². The fourth-order valence-corrected chi connectivity index (χ4v) is 5.00. The van der Waals surface area contributed by atoms with E-state index in [-0.39, 0.29) is 0 Å². The minimum Gasteiger partial charge on any atom is -0.309 e. The Morgan fingerprint density at radius 3 is 2.35 bits per heavy atom. The van der Waals surface area contributed by atoms with Crippen LogP contribution in [0.15, 0.2) is 36.7 Å². The molecule has 2 aliphatic carbocycles. The molecule has 0 bridgehead atoms. The molecule has 2 fully saturated rings. The quantitative estimate of drug-likeness (QED) is 0.775. The maximum atomic E-state index is 6.10. The Labute approximate surface area is 161 Å². The van der Waals surface area contributed by atoms with Crippen molar-refractivity contribution < 1.29 is 0 Å². The van der Waals surface area contributed by atoms with Crippen molar-refractivity contribution in [3.05, 3.63) is 58.6 Å². The predicted molar refractivity (Wildman–Crippen MR) is 106 cm³/mol. The van der Waals surface area contributed by atoms with Crippen LogP contribution in [-0.4, -0.2) is 16.0 Å². The molecule has 2 aliphatic rings. The van der Waals surface area contributed by atoms with Crippen molar-refractivity contribution in [2.75, 3.05) is 0 Å². The molecule has 1 aromatic heterocycles. The molecule has 1 heterocycles. The Hall–Kier alpha value is -1.45. The van der Waals surface area contributed by atoms with Crippen LogP contribution in [0.4, 0.5) is 0 Å². The summed E-state index contributed by atoms with van der Waals surface area (Å²) in [4.78, 5) is 9.01. The molecule has 2 saturated carbocycles. The lowest BCUT2D eigenvalue weighted by molar-refractivity contribution is 0.0254. The lowest BCUT2D eigenvalue weighted by atomic mass is 9.53. The highest BCUT2D eigenvalue weighted by molar-refractivity contribution is 6.30. The fraction of sp³-hybridized carbons (Fsp3) is 0.545. The van der Waals surface area contributed by atoms with E-state index in [0.717, 1.165) is 29.2 Å². The van der Waals surface area contributed by atoms with E-state index in [1.54, 1.807) is 0 Å². The van der Waals surface area contributed by atoms with E-state index in [4.69, 9.17) is 11.6 Å². The first-order valence-electron chi connectivity index (χ1n) is 9.93. The molecule has 0 aliphatic heterocycles. The maximum Gasteiger partial charge on any atom is 0.130 e. The van der Waals surface area contributed by atoms with Crippen LogP contribution in [0.2, 0.25) is 5.02 Å². The van der Waals surface area contributed by atoms with Crippen LogP contribution in [0.25, 0.3) is 0 Å². The Balaban J connectivity index is 1.46. The van der Waals surface area contributed by atoms with E-state index in [1.807, 2.05) is 24.5 Å². The summed E-state index contributed by atoms with van der Waals surface area (Å²) in [5.74, 6) is 3.53. The maximum absolute atomic E-state index is 6.10. The first-order valence-corrected chi connectivity index (χ1v) is 10.3. The zero-order valence-corrected chi connectivity index (χ0v) is 16.4. The molecule has 2 aromatic rings. The van der Waals surface area contributed by atoms with Gasteiger partial charge in [-0.05, 0) is 42.4 Å². The van der Waals surface area contributed by atoms with E-state index in [9.17, 15) is 0 Å². The SMILES string of the molecule is CC(C)c1ncc(CN[C@@H]2[C@@H]3CCCC[C@@H]3[C@H]2c2ccc(Cl)cc2)cn1. The molecule has 4 heteroatoms. The molecule has 4 atom stereocenters. The second-order valence-corrected chi connectivity index (χ2v) is 8.64. The number of nitrogens with one attached hydrogen (secondary N) is 1. The van der Waals surface area contributed by atoms with Crippen LogP contribution in [0, 0.1) is 11.8 Å². The van der Waals surface area contributed by atoms with Crippen molar-refractivity contribution in [3.63, 3.8) is 0 Å². The Bertz CT molecular complexity index is 726. The number of halogens is 1. The number of benzene rings is 1. The largest absolute Gasteiger partial charge is 0.309 e. The fourth-order valence-electron chi connectivity index (χ4n) is 4.87. The van der Waals surface area contributed by atoms with Gasteiger partial charge in [0, 0.05) is 47.4 Å². The van der Waals surface area contributed by atoms with Gasteiger partial charge < -0.3 is 5.32 Å². The van der Waals surface area contributed by atoms with Crippen LogP contribution < -0.4 is 5.32 Å². The van der Waals surface area contributed by atoms with E-state index < -0.39 is 0 Å². The topological polar surface area (TPSA) is 37.8 Å². The van der Waals surface area contributed by atoms with Crippen molar-refractivity contribution in [3.8, 4) is 0 Å². The number of rotatable bonds is 5. The van der Waals surface area contributed by atoms with Gasteiger partial charge in [-0.1, -0.05) is 50.4 Å². The number of hydrogen-bond donors (Lipinski definition) is 1. The van der Waals surface area contributed by atoms with Gasteiger partial charge in [0.25, 0.3) is 0 Å². The van der Waals surface area contributed by atoms with Crippen molar-refractivity contribution in [1.82, 2.24) is 15.3 Å². The van der Waals surface area contributed by atoms with Gasteiger partial charge in [-0.2, -0.15) is 0 Å². The van der Waals surface area contributed by atoms with E-state index >= 15 is 0 Å². The van der Waals surface area contributed by atoms with Crippen LogP contribution in [0.3, 0.4) is 0 Å². The van der Waals surface area contributed by atoms with E-state index in [0.29, 0.717) is 17.9 Å². The molecule has 138 valence electrons. The zero-order valence-electron chi connectivity index (χ0n) is 15.7. The Morgan fingerprint density at radius 2 is 1.69 bits per heavy atom. The van der Waals surface area contributed by atoms with Gasteiger partial charge in [-0.15, -0.1) is 0 Å². The van der Waals surface area contributed by atoms with Crippen molar-refractivity contribution in [2.45, 2.75) is 64.0 Å².